The van der Waals surface area contributed by atoms with Crippen LogP contribution in [-0.4, -0.2) is 52.7 Å². The third-order valence-corrected chi connectivity index (χ3v) is 7.29. The predicted octanol–water partition coefficient (Wildman–Crippen LogP) is 3.91. The molecule has 2 aromatic rings. The molecular weight excluding hydrogens is 420 g/mol. The lowest BCUT2D eigenvalue weighted by Gasteiger charge is -2.28. The van der Waals surface area contributed by atoms with Crippen molar-refractivity contribution in [2.45, 2.75) is 62.6 Å². The van der Waals surface area contributed by atoms with Gasteiger partial charge in [-0.05, 0) is 54.4 Å². The van der Waals surface area contributed by atoms with Gasteiger partial charge >= 0.3 is 12.1 Å². The van der Waals surface area contributed by atoms with Crippen LogP contribution in [0.1, 0.15) is 55.6 Å². The normalized spacial score (nSPS) is 21.4. The summed E-state index contributed by atoms with van der Waals surface area (Å²) in [6.45, 7) is 0.147. The number of nitrogens with one attached hydrogen (secondary N) is 1. The van der Waals surface area contributed by atoms with Crippen molar-refractivity contribution in [2.75, 3.05) is 6.61 Å². The Kier molecular flexibility index (Phi) is 5.79. The summed E-state index contributed by atoms with van der Waals surface area (Å²) < 4.78 is 5.59. The number of carbonyl (C=O) groups excluding carboxylic acids is 2. The first kappa shape index (κ1) is 21.5. The molecule has 2 N–H and O–H groups in total. The zero-order chi connectivity index (χ0) is 22.9. The van der Waals surface area contributed by atoms with Gasteiger partial charge in [0.2, 0.25) is 5.91 Å². The molecule has 7 heteroatoms. The van der Waals surface area contributed by atoms with E-state index in [2.05, 4.69) is 17.4 Å². The number of nitrogens with zero attached hydrogens (tertiary/aromatic N) is 1. The second-order valence-electron chi connectivity index (χ2n) is 9.16. The largest absolute Gasteiger partial charge is 0.481 e. The van der Waals surface area contributed by atoms with E-state index in [1.54, 1.807) is 0 Å². The SMILES string of the molecule is O=C(O)CCC(NC(=O)OCC1c2ccccc2-c2ccccc21)C(=O)N1C2CCC1CC2. The number of fused-ring (bicyclic) bond motifs is 5. The number of alkyl carbamates (subject to hydrolysis) is 1. The quantitative estimate of drug-likeness (QED) is 0.670. The molecule has 1 atom stereocenters. The van der Waals surface area contributed by atoms with E-state index in [1.165, 1.54) is 0 Å². The maximum Gasteiger partial charge on any atom is 0.407 e. The zero-order valence-electron chi connectivity index (χ0n) is 18.4. The van der Waals surface area contributed by atoms with Crippen LogP contribution in [0, 0.1) is 0 Å². The number of rotatable bonds is 7. The second-order valence-corrected chi connectivity index (χ2v) is 9.16. The molecule has 3 aliphatic rings. The lowest BCUT2D eigenvalue weighted by molar-refractivity contribution is -0.138. The smallest absolute Gasteiger partial charge is 0.407 e. The predicted molar refractivity (Wildman–Crippen MR) is 122 cm³/mol. The van der Waals surface area contributed by atoms with Crippen molar-refractivity contribution in [1.82, 2.24) is 10.2 Å². The van der Waals surface area contributed by atoms with Crippen molar-refractivity contribution >= 4 is 18.0 Å². The van der Waals surface area contributed by atoms with Crippen LogP contribution in [0.2, 0.25) is 0 Å². The molecule has 0 radical (unpaired) electrons. The Morgan fingerprint density at radius 2 is 1.48 bits per heavy atom. The van der Waals surface area contributed by atoms with Crippen LogP contribution in [0.25, 0.3) is 11.1 Å². The summed E-state index contributed by atoms with van der Waals surface area (Å²) >= 11 is 0. The molecule has 2 bridgehead atoms. The van der Waals surface area contributed by atoms with Gasteiger partial charge in [-0.1, -0.05) is 48.5 Å². The Balaban J connectivity index is 1.27. The van der Waals surface area contributed by atoms with E-state index in [-0.39, 0.29) is 43.4 Å². The second kappa shape index (κ2) is 8.89. The maximum atomic E-state index is 13.2. The van der Waals surface area contributed by atoms with Gasteiger partial charge in [0.15, 0.2) is 0 Å². The lowest BCUT2D eigenvalue weighted by Crippen LogP contribution is -2.50. The molecular formula is C26H28N2O5. The average Bonchev–Trinajstić information content (AvgIpc) is 3.51. The monoisotopic (exact) mass is 448 g/mol. The number of carboxylic acids is 1. The lowest BCUT2D eigenvalue weighted by atomic mass is 9.98. The van der Waals surface area contributed by atoms with Crippen molar-refractivity contribution in [3.63, 3.8) is 0 Å². The van der Waals surface area contributed by atoms with Crippen molar-refractivity contribution in [2.24, 2.45) is 0 Å². The topological polar surface area (TPSA) is 95.9 Å². The molecule has 2 aromatic carbocycles. The van der Waals surface area contributed by atoms with Gasteiger partial charge in [-0.25, -0.2) is 4.79 Å². The molecule has 172 valence electrons. The molecule has 7 nitrogen and oxygen atoms in total. The molecule has 2 saturated heterocycles. The van der Waals surface area contributed by atoms with Crippen molar-refractivity contribution in [3.05, 3.63) is 59.7 Å². The molecule has 2 amide bonds. The van der Waals surface area contributed by atoms with E-state index in [4.69, 9.17) is 9.84 Å². The van der Waals surface area contributed by atoms with Crippen LogP contribution in [0.4, 0.5) is 4.79 Å². The Morgan fingerprint density at radius 1 is 0.939 bits per heavy atom. The highest BCUT2D eigenvalue weighted by atomic mass is 16.5. The molecule has 0 saturated carbocycles. The number of ether oxygens (including phenoxy) is 1. The van der Waals surface area contributed by atoms with E-state index < -0.39 is 18.1 Å². The van der Waals surface area contributed by atoms with Gasteiger partial charge in [-0.2, -0.15) is 0 Å². The van der Waals surface area contributed by atoms with E-state index in [1.807, 2.05) is 41.3 Å². The minimum atomic E-state index is -0.994. The highest BCUT2D eigenvalue weighted by Crippen LogP contribution is 2.44. The van der Waals surface area contributed by atoms with E-state index >= 15 is 0 Å². The van der Waals surface area contributed by atoms with Crippen molar-refractivity contribution in [1.29, 1.82) is 0 Å². The Hall–Kier alpha value is -3.35. The summed E-state index contributed by atoms with van der Waals surface area (Å²) in [6, 6.07) is 15.7. The minimum Gasteiger partial charge on any atom is -0.481 e. The molecule has 33 heavy (non-hydrogen) atoms. The summed E-state index contributed by atoms with van der Waals surface area (Å²) in [5.74, 6) is -1.26. The Labute approximate surface area is 192 Å². The molecule has 2 heterocycles. The molecule has 0 aromatic heterocycles. The summed E-state index contributed by atoms with van der Waals surface area (Å²) in [5.41, 5.74) is 4.50. The molecule has 2 fully saturated rings. The number of hydrogen-bond donors (Lipinski definition) is 2. The summed E-state index contributed by atoms with van der Waals surface area (Å²) in [5, 5.41) is 11.8. The summed E-state index contributed by atoms with van der Waals surface area (Å²) in [4.78, 5) is 38.9. The summed E-state index contributed by atoms with van der Waals surface area (Å²) in [7, 11) is 0. The van der Waals surface area contributed by atoms with Crippen LogP contribution in [0.3, 0.4) is 0 Å². The van der Waals surface area contributed by atoms with Crippen molar-refractivity contribution in [3.8, 4) is 11.1 Å². The number of benzene rings is 2. The van der Waals surface area contributed by atoms with E-state index in [0.717, 1.165) is 47.9 Å². The number of carbonyl (C=O) groups is 3. The molecule has 5 rings (SSSR count). The number of carboxylic acid groups (broad SMARTS) is 1. The van der Waals surface area contributed by atoms with Gasteiger partial charge in [0, 0.05) is 24.4 Å². The first-order valence-corrected chi connectivity index (χ1v) is 11.7. The van der Waals surface area contributed by atoms with Gasteiger partial charge in [0.05, 0.1) is 0 Å². The zero-order valence-corrected chi connectivity index (χ0v) is 18.4. The van der Waals surface area contributed by atoms with Gasteiger partial charge in [0.25, 0.3) is 0 Å². The highest BCUT2D eigenvalue weighted by Gasteiger charge is 2.44. The third kappa shape index (κ3) is 4.08. The van der Waals surface area contributed by atoms with Crippen LogP contribution < -0.4 is 5.32 Å². The van der Waals surface area contributed by atoms with Crippen LogP contribution in [0.5, 0.6) is 0 Å². The van der Waals surface area contributed by atoms with Gasteiger partial charge in [-0.15, -0.1) is 0 Å². The average molecular weight is 449 g/mol. The summed E-state index contributed by atoms with van der Waals surface area (Å²) in [6.07, 6.45) is 3.09. The van der Waals surface area contributed by atoms with Crippen LogP contribution in [-0.2, 0) is 14.3 Å². The fourth-order valence-corrected chi connectivity index (χ4v) is 5.76. The van der Waals surface area contributed by atoms with Crippen molar-refractivity contribution < 1.29 is 24.2 Å². The molecule has 2 aliphatic heterocycles. The van der Waals surface area contributed by atoms with Gasteiger partial charge in [0.1, 0.15) is 12.6 Å². The van der Waals surface area contributed by atoms with Crippen LogP contribution >= 0.6 is 0 Å². The van der Waals surface area contributed by atoms with E-state index in [9.17, 15) is 14.4 Å². The molecule has 1 aliphatic carbocycles. The minimum absolute atomic E-state index is 0.0499. The third-order valence-electron chi connectivity index (χ3n) is 7.29. The van der Waals surface area contributed by atoms with E-state index in [0.29, 0.717) is 0 Å². The standard InChI is InChI=1S/C26H28N2O5/c29-24(30)14-13-23(25(31)28-16-9-10-17(28)12-11-16)27-26(32)33-15-22-20-7-3-1-5-18(20)19-6-2-4-8-21(19)22/h1-8,16-17,22-23H,9-15H2,(H,27,32)(H,29,30). The fraction of sp³-hybridized carbons (Fsp3) is 0.423. The number of hydrogen-bond acceptors (Lipinski definition) is 4. The molecule has 1 unspecified atom stereocenters. The first-order valence-electron chi connectivity index (χ1n) is 11.7. The Morgan fingerprint density at radius 3 is 2.03 bits per heavy atom. The number of aliphatic carboxylic acids is 1. The Bertz CT molecular complexity index is 1020. The fourth-order valence-electron chi connectivity index (χ4n) is 5.76. The maximum absolute atomic E-state index is 13.2. The van der Waals surface area contributed by atoms with Gasteiger partial charge < -0.3 is 20.1 Å². The van der Waals surface area contributed by atoms with Crippen LogP contribution in [0.15, 0.2) is 48.5 Å². The number of amides is 2. The highest BCUT2D eigenvalue weighted by molar-refractivity contribution is 5.87. The molecule has 0 spiro atoms. The van der Waals surface area contributed by atoms with Gasteiger partial charge in [-0.3, -0.25) is 9.59 Å². The first-order chi connectivity index (χ1) is 16.0.